The van der Waals surface area contributed by atoms with E-state index in [9.17, 15) is 5.26 Å². The van der Waals surface area contributed by atoms with E-state index in [0.717, 1.165) is 47.8 Å². The van der Waals surface area contributed by atoms with Gasteiger partial charge >= 0.3 is 0 Å². The van der Waals surface area contributed by atoms with Gasteiger partial charge < -0.3 is 14.3 Å². The Balaban J connectivity index is 1.39. The molecule has 2 atom stereocenters. The number of rotatable bonds is 3. The SMILES string of the molecule is N#CC1=CNC(C2=CC(C3=C(n4c5ccccc5c5ccc6oc7ccccc7c6c54)CCC=C3)CC=C2)C1. The van der Waals surface area contributed by atoms with Crippen molar-refractivity contribution in [1.29, 1.82) is 5.26 Å². The number of allylic oxidation sites excluding steroid dienone is 6. The summed E-state index contributed by atoms with van der Waals surface area (Å²) >= 11 is 0. The van der Waals surface area contributed by atoms with Gasteiger partial charge in [-0.25, -0.2) is 0 Å². The van der Waals surface area contributed by atoms with Crippen LogP contribution >= 0.6 is 0 Å². The van der Waals surface area contributed by atoms with Crippen molar-refractivity contribution in [2.24, 2.45) is 5.92 Å². The van der Waals surface area contributed by atoms with E-state index in [2.05, 4.69) is 101 Å². The van der Waals surface area contributed by atoms with Gasteiger partial charge in [-0.15, -0.1) is 0 Å². The smallest absolute Gasteiger partial charge is 0.137 e. The maximum Gasteiger partial charge on any atom is 0.137 e. The van der Waals surface area contributed by atoms with Crippen LogP contribution in [-0.4, -0.2) is 10.6 Å². The first-order chi connectivity index (χ1) is 19.3. The molecule has 2 aromatic heterocycles. The van der Waals surface area contributed by atoms with Crippen molar-refractivity contribution in [3.63, 3.8) is 0 Å². The number of nitriles is 1. The van der Waals surface area contributed by atoms with E-state index in [1.807, 2.05) is 12.3 Å². The Labute approximate surface area is 226 Å². The summed E-state index contributed by atoms with van der Waals surface area (Å²) in [4.78, 5) is 0. The highest BCUT2D eigenvalue weighted by atomic mass is 16.3. The summed E-state index contributed by atoms with van der Waals surface area (Å²) in [5.41, 5.74) is 9.15. The third kappa shape index (κ3) is 3.36. The lowest BCUT2D eigenvalue weighted by molar-refractivity contribution is 0.669. The predicted octanol–water partition coefficient (Wildman–Crippen LogP) is 8.53. The van der Waals surface area contributed by atoms with Gasteiger partial charge in [-0.3, -0.25) is 0 Å². The largest absolute Gasteiger partial charge is 0.456 e. The predicted molar refractivity (Wildman–Crippen MR) is 159 cm³/mol. The maximum absolute atomic E-state index is 9.36. The second-order valence-corrected chi connectivity index (χ2v) is 10.7. The number of nitrogens with one attached hydrogen (secondary N) is 1. The van der Waals surface area contributed by atoms with E-state index < -0.39 is 0 Å². The van der Waals surface area contributed by atoms with E-state index in [1.54, 1.807) is 0 Å². The molecular formula is C35H27N3O. The van der Waals surface area contributed by atoms with Gasteiger partial charge in [0.2, 0.25) is 0 Å². The van der Waals surface area contributed by atoms with Crippen LogP contribution in [-0.2, 0) is 0 Å². The zero-order valence-corrected chi connectivity index (χ0v) is 21.5. The van der Waals surface area contributed by atoms with Crippen molar-refractivity contribution in [2.45, 2.75) is 31.7 Å². The normalized spacial score (nSPS) is 21.1. The fraction of sp³-hybridized carbons (Fsp3) is 0.171. The molecule has 0 fully saturated rings. The summed E-state index contributed by atoms with van der Waals surface area (Å²) in [6.07, 6.45) is 17.2. The molecule has 39 heavy (non-hydrogen) atoms. The number of benzene rings is 3. The molecule has 0 radical (unpaired) electrons. The molecule has 188 valence electrons. The first kappa shape index (κ1) is 22.3. The van der Waals surface area contributed by atoms with Gasteiger partial charge in [0.1, 0.15) is 11.2 Å². The first-order valence-corrected chi connectivity index (χ1v) is 13.8. The number of furan rings is 1. The third-order valence-electron chi connectivity index (χ3n) is 8.55. The highest BCUT2D eigenvalue weighted by Crippen LogP contribution is 2.44. The van der Waals surface area contributed by atoms with E-state index in [0.29, 0.717) is 0 Å². The molecule has 1 aliphatic heterocycles. The van der Waals surface area contributed by atoms with Crippen molar-refractivity contribution in [3.05, 3.63) is 114 Å². The summed E-state index contributed by atoms with van der Waals surface area (Å²) in [6.45, 7) is 0. The Bertz CT molecular complexity index is 2020. The highest BCUT2D eigenvalue weighted by molar-refractivity contribution is 6.24. The fourth-order valence-corrected chi connectivity index (χ4v) is 6.78. The number of hydrogen-bond acceptors (Lipinski definition) is 3. The maximum atomic E-state index is 9.36. The summed E-state index contributed by atoms with van der Waals surface area (Å²) in [5.74, 6) is 0.279. The Kier molecular flexibility index (Phi) is 4.93. The van der Waals surface area contributed by atoms with Crippen LogP contribution in [0.25, 0.3) is 49.4 Å². The van der Waals surface area contributed by atoms with Crippen molar-refractivity contribution < 1.29 is 4.42 Å². The molecule has 4 heteroatoms. The Morgan fingerprint density at radius 3 is 2.67 bits per heavy atom. The van der Waals surface area contributed by atoms with Crippen LogP contribution in [0.4, 0.5) is 0 Å². The van der Waals surface area contributed by atoms with Gasteiger partial charge in [0.05, 0.1) is 28.5 Å². The van der Waals surface area contributed by atoms with Gasteiger partial charge in [0.15, 0.2) is 0 Å². The van der Waals surface area contributed by atoms with Crippen molar-refractivity contribution in [1.82, 2.24) is 9.88 Å². The second kappa shape index (κ2) is 8.64. The van der Waals surface area contributed by atoms with Crippen LogP contribution in [0.1, 0.15) is 25.7 Å². The lowest BCUT2D eigenvalue weighted by Gasteiger charge is -2.27. The van der Waals surface area contributed by atoms with Crippen LogP contribution in [0, 0.1) is 17.2 Å². The Hall–Kier alpha value is -4.75. The van der Waals surface area contributed by atoms with Crippen molar-refractivity contribution >= 4 is 49.4 Å². The minimum Gasteiger partial charge on any atom is -0.456 e. The number of hydrogen-bond donors (Lipinski definition) is 1. The average Bonchev–Trinajstić information content (AvgIpc) is 3.71. The first-order valence-electron chi connectivity index (χ1n) is 13.8. The molecule has 0 amide bonds. The Morgan fingerprint density at radius 2 is 1.77 bits per heavy atom. The molecule has 0 spiro atoms. The summed E-state index contributed by atoms with van der Waals surface area (Å²) < 4.78 is 8.86. The van der Waals surface area contributed by atoms with Gasteiger partial charge in [-0.2, -0.15) is 5.26 Å². The summed E-state index contributed by atoms with van der Waals surface area (Å²) in [7, 11) is 0. The average molecular weight is 506 g/mol. The molecule has 0 saturated carbocycles. The van der Waals surface area contributed by atoms with Gasteiger partial charge in [0, 0.05) is 46.0 Å². The molecule has 2 aliphatic carbocycles. The summed E-state index contributed by atoms with van der Waals surface area (Å²) in [6, 6.07) is 24.0. The minimum absolute atomic E-state index is 0.167. The van der Waals surface area contributed by atoms with Gasteiger partial charge in [-0.05, 0) is 54.7 Å². The Morgan fingerprint density at radius 1 is 0.897 bits per heavy atom. The van der Waals surface area contributed by atoms with E-state index in [1.165, 1.54) is 44.0 Å². The van der Waals surface area contributed by atoms with Gasteiger partial charge in [0.25, 0.3) is 0 Å². The van der Waals surface area contributed by atoms with Gasteiger partial charge in [-0.1, -0.05) is 66.8 Å². The second-order valence-electron chi connectivity index (χ2n) is 10.7. The zero-order valence-electron chi connectivity index (χ0n) is 21.5. The lowest BCUT2D eigenvalue weighted by atomic mass is 9.83. The zero-order chi connectivity index (χ0) is 25.9. The number of fused-ring (bicyclic) bond motifs is 7. The molecule has 0 saturated heterocycles. The lowest BCUT2D eigenvalue weighted by Crippen LogP contribution is -2.23. The monoisotopic (exact) mass is 505 g/mol. The molecule has 2 unspecified atom stereocenters. The van der Waals surface area contributed by atoms with E-state index in [4.69, 9.17) is 4.42 Å². The fourth-order valence-electron chi connectivity index (χ4n) is 6.78. The molecule has 5 aromatic rings. The van der Waals surface area contributed by atoms with Crippen LogP contribution in [0.2, 0.25) is 0 Å². The molecule has 3 heterocycles. The number of aromatic nitrogens is 1. The van der Waals surface area contributed by atoms with Crippen molar-refractivity contribution in [2.75, 3.05) is 0 Å². The van der Waals surface area contributed by atoms with Crippen LogP contribution in [0.5, 0.6) is 0 Å². The minimum atomic E-state index is 0.167. The summed E-state index contributed by atoms with van der Waals surface area (Å²) in [5, 5.41) is 17.6. The topological polar surface area (TPSA) is 53.9 Å². The van der Waals surface area contributed by atoms with Crippen LogP contribution in [0.15, 0.2) is 118 Å². The van der Waals surface area contributed by atoms with Crippen LogP contribution < -0.4 is 5.32 Å². The molecule has 1 N–H and O–H groups in total. The molecule has 3 aliphatic rings. The molecular weight excluding hydrogens is 478 g/mol. The third-order valence-corrected chi connectivity index (χ3v) is 8.55. The molecule has 4 nitrogen and oxygen atoms in total. The van der Waals surface area contributed by atoms with E-state index in [-0.39, 0.29) is 12.0 Å². The number of nitrogens with zero attached hydrogens (tertiary/aromatic N) is 2. The quantitative estimate of drug-likeness (QED) is 0.267. The standard InChI is InChI=1S/C35H27N3O/c36-20-22-18-29(37-21-22)24-9-7-8-23(19-24)25-10-1-4-13-30(25)38-31-14-5-2-11-26(31)27-16-17-33-34(35(27)38)28-12-3-6-15-32(28)39-33/h1-3,5-7,9-12,14-17,19,21,23,29,37H,4,8,13,18H2. The number of para-hydroxylation sites is 2. The van der Waals surface area contributed by atoms with E-state index >= 15 is 0 Å². The molecule has 3 aromatic carbocycles. The highest BCUT2D eigenvalue weighted by Gasteiger charge is 2.27. The van der Waals surface area contributed by atoms with Crippen molar-refractivity contribution in [3.8, 4) is 6.07 Å². The molecule has 0 bridgehead atoms. The molecule has 8 rings (SSSR count). The van der Waals surface area contributed by atoms with Crippen LogP contribution in [0.3, 0.4) is 0 Å².